The fraction of sp³-hybridized carbons (Fsp3) is 0.545. The van der Waals surface area contributed by atoms with Crippen molar-refractivity contribution in [1.29, 1.82) is 0 Å². The first-order chi connectivity index (χ1) is 29.4. The van der Waals surface area contributed by atoms with E-state index in [9.17, 15) is 27.6 Å². The molecule has 2 aromatic carbocycles. The van der Waals surface area contributed by atoms with Crippen LogP contribution in [0.25, 0.3) is 11.2 Å². The minimum Gasteiger partial charge on any atom is -0.465 e. The number of hydrogen-bond donors (Lipinski definition) is 3. The number of nitrogens with two attached hydrogens (primary N) is 1. The van der Waals surface area contributed by atoms with Gasteiger partial charge < -0.3 is 24.8 Å². The van der Waals surface area contributed by atoms with Gasteiger partial charge in [0.15, 0.2) is 22.6 Å². The largest absolute Gasteiger partial charge is 0.465 e. The molecule has 0 amide bonds. The molecule has 1 aliphatic rings. The number of rotatable bonds is 27. The first-order valence-electron chi connectivity index (χ1n) is 21.3. The summed E-state index contributed by atoms with van der Waals surface area (Å²) in [7, 11) is -4.69. The number of terminal acetylenes is 1. The Bertz CT molecular complexity index is 2070. The molecule has 17 heteroatoms. The summed E-state index contributed by atoms with van der Waals surface area (Å²) in [5.74, 6) is -0.359. The van der Waals surface area contributed by atoms with Gasteiger partial charge in [0, 0.05) is 12.5 Å². The molecule has 2 aromatic heterocycles. The zero-order chi connectivity index (χ0) is 43.7. The molecular weight excluding hydrogens is 812 g/mol. The fourth-order valence-corrected chi connectivity index (χ4v) is 8.84. The third-order valence-electron chi connectivity index (χ3n) is 10.7. The molecule has 0 saturated carbocycles. The van der Waals surface area contributed by atoms with E-state index in [1.54, 1.807) is 18.2 Å². The molecule has 4 N–H and O–H groups in total. The Morgan fingerprint density at radius 3 is 2.20 bits per heavy atom. The second kappa shape index (κ2) is 23.6. The minimum absolute atomic E-state index is 0.0184. The summed E-state index contributed by atoms with van der Waals surface area (Å²) in [4.78, 5) is 25.1. The van der Waals surface area contributed by atoms with Crippen molar-refractivity contribution in [2.24, 2.45) is 0 Å². The lowest BCUT2D eigenvalue weighted by molar-refractivity contribution is -0.146. The van der Waals surface area contributed by atoms with E-state index in [0.717, 1.165) is 37.8 Å². The zero-order valence-corrected chi connectivity index (χ0v) is 35.7. The second-order valence-electron chi connectivity index (χ2n) is 15.5. The first kappa shape index (κ1) is 47.5. The van der Waals surface area contributed by atoms with Crippen molar-refractivity contribution in [3.63, 3.8) is 0 Å². The predicted molar refractivity (Wildman–Crippen MR) is 226 cm³/mol. The maximum atomic E-state index is 14.7. The van der Waals surface area contributed by atoms with Gasteiger partial charge in [0.1, 0.15) is 42.4 Å². The number of nitrogen functional groups attached to an aromatic ring is 1. The molecule has 1 aliphatic heterocycles. The van der Waals surface area contributed by atoms with Crippen LogP contribution in [0.5, 0.6) is 5.75 Å². The van der Waals surface area contributed by atoms with Crippen molar-refractivity contribution in [3.05, 3.63) is 78.1 Å². The van der Waals surface area contributed by atoms with Crippen LogP contribution in [0, 0.1) is 30.1 Å². The molecule has 4 aromatic rings. The van der Waals surface area contributed by atoms with Crippen molar-refractivity contribution in [1.82, 2.24) is 24.6 Å². The number of fused-ring (bicyclic) bond motifs is 1. The van der Waals surface area contributed by atoms with Crippen molar-refractivity contribution in [3.8, 4) is 18.1 Å². The molecular formula is C44H58F3N6O7P. The summed E-state index contributed by atoms with van der Waals surface area (Å²) in [6.45, 7) is 1.55. The van der Waals surface area contributed by atoms with E-state index in [2.05, 4.69) is 32.9 Å². The third kappa shape index (κ3) is 14.3. The van der Waals surface area contributed by atoms with Gasteiger partial charge in [-0.15, -0.1) is 6.42 Å². The number of para-hydroxylation sites is 1. The Morgan fingerprint density at radius 2 is 1.59 bits per heavy atom. The number of carbonyl (C=O) groups excluding carboxylic acids is 1. The number of unbranched alkanes of at least 4 members (excludes halogenated alkanes) is 14. The number of aliphatic hydroxyl groups is 1. The summed E-state index contributed by atoms with van der Waals surface area (Å²) >= 11 is 0. The molecule has 61 heavy (non-hydrogen) atoms. The van der Waals surface area contributed by atoms with Crippen molar-refractivity contribution < 1.29 is 46.2 Å². The van der Waals surface area contributed by atoms with E-state index in [1.165, 1.54) is 87.2 Å². The molecule has 0 bridgehead atoms. The summed E-state index contributed by atoms with van der Waals surface area (Å²) < 4.78 is 82.2. The summed E-state index contributed by atoms with van der Waals surface area (Å²) in [5, 5.41) is 13.9. The lowest BCUT2D eigenvalue weighted by atomic mass is 9.99. The third-order valence-corrected chi connectivity index (χ3v) is 12.2. The Labute approximate surface area is 355 Å². The molecule has 0 spiro atoms. The highest BCUT2D eigenvalue weighted by Gasteiger charge is 2.50. The fourth-order valence-electron chi connectivity index (χ4n) is 7.32. The van der Waals surface area contributed by atoms with Gasteiger partial charge >= 0.3 is 19.8 Å². The van der Waals surface area contributed by atoms with Crippen molar-refractivity contribution in [2.75, 3.05) is 18.9 Å². The van der Waals surface area contributed by atoms with Crippen LogP contribution >= 0.6 is 7.75 Å². The van der Waals surface area contributed by atoms with E-state index in [1.807, 2.05) is 0 Å². The Hall–Kier alpha value is -4.52. The van der Waals surface area contributed by atoms with Crippen LogP contribution in [0.1, 0.15) is 121 Å². The molecule has 5 rings (SSSR count). The van der Waals surface area contributed by atoms with Crippen LogP contribution in [-0.2, 0) is 29.8 Å². The van der Waals surface area contributed by atoms with Gasteiger partial charge in [0.2, 0.25) is 0 Å². The zero-order valence-electron chi connectivity index (χ0n) is 34.8. The van der Waals surface area contributed by atoms with Gasteiger partial charge in [-0.25, -0.2) is 18.3 Å². The molecule has 1 saturated heterocycles. The predicted octanol–water partition coefficient (Wildman–Crippen LogP) is 9.30. The molecule has 5 atom stereocenters. The number of nitrogens with zero attached hydrogens (tertiary/aromatic N) is 4. The van der Waals surface area contributed by atoms with Crippen LogP contribution in [0.3, 0.4) is 0 Å². The van der Waals surface area contributed by atoms with E-state index in [0.29, 0.717) is 12.5 Å². The van der Waals surface area contributed by atoms with E-state index >= 15 is 0 Å². The number of halogens is 3. The number of anilines is 1. The Kier molecular flexibility index (Phi) is 18.4. The van der Waals surface area contributed by atoms with Crippen LogP contribution in [-0.4, -0.2) is 61.6 Å². The summed E-state index contributed by atoms with van der Waals surface area (Å²) in [6, 6.07) is 9.21. The highest BCUT2D eigenvalue weighted by Crippen LogP contribution is 2.48. The number of esters is 1. The lowest BCUT2D eigenvalue weighted by Crippen LogP contribution is -2.44. The van der Waals surface area contributed by atoms with Gasteiger partial charge in [-0.1, -0.05) is 121 Å². The number of imidazole rings is 1. The average molecular weight is 871 g/mol. The Morgan fingerprint density at radius 1 is 0.984 bits per heavy atom. The maximum Gasteiger partial charge on any atom is 0.459 e. The van der Waals surface area contributed by atoms with E-state index < -0.39 is 62.0 Å². The number of carbonyl (C=O) groups is 1. The monoisotopic (exact) mass is 870 g/mol. The molecule has 3 heterocycles. The smallest absolute Gasteiger partial charge is 0.459 e. The number of benzene rings is 2. The van der Waals surface area contributed by atoms with Crippen LogP contribution in [0.15, 0.2) is 54.9 Å². The number of nitrogens with one attached hydrogen (secondary N) is 1. The molecule has 1 unspecified atom stereocenters. The topological polar surface area (TPSA) is 173 Å². The van der Waals surface area contributed by atoms with Gasteiger partial charge in [0.05, 0.1) is 12.9 Å². The van der Waals surface area contributed by atoms with E-state index in [-0.39, 0.29) is 47.7 Å². The standard InChI is InChI=1S/C44H58F3N6O7P/c1-3-5-6-7-8-9-10-11-12-13-14-15-16-17-21-24-57-42(55)36(27-32-25-33(45)28-34(46)26-32)52-61(56,60-35-22-19-18-20-23-35)58-30-44(4-2)37(54)29-38(59-44)53-31-49-39-40(48)50-43(47)51-41(39)53/h2,18-20,22-23,25-26,28,31,36-38,54H,3,5-17,21,24,27,29-30H2,1H3,(H,52,56)(H2,48,50,51)/t36-,37-,38+,44+,61?/m0/s1. The summed E-state index contributed by atoms with van der Waals surface area (Å²) in [5.41, 5.74) is 4.00. The van der Waals surface area contributed by atoms with Crippen LogP contribution in [0.4, 0.5) is 19.0 Å². The second-order valence-corrected chi connectivity index (χ2v) is 17.2. The number of hydrogen-bond acceptors (Lipinski definition) is 11. The van der Waals surface area contributed by atoms with Crippen LogP contribution in [0.2, 0.25) is 0 Å². The van der Waals surface area contributed by atoms with Gasteiger partial charge in [-0.3, -0.25) is 13.9 Å². The summed E-state index contributed by atoms with van der Waals surface area (Å²) in [6.07, 6.45) is 20.6. The quantitative estimate of drug-likeness (QED) is 0.0171. The van der Waals surface area contributed by atoms with Gasteiger partial charge in [-0.2, -0.15) is 19.4 Å². The van der Waals surface area contributed by atoms with Crippen molar-refractivity contribution in [2.45, 2.75) is 140 Å². The Balaban J connectivity index is 1.21. The SMILES string of the molecule is C#C[C@]1(COP(=O)(N[C@@H](Cc2cc(F)cc(F)c2)C(=O)OCCCCCCCCCCCCCCCCC)Oc2ccccc2)O[C@@H](n2cnc3c(N)nc(F)nc32)C[C@@H]1O. The normalized spacial score (nSPS) is 19.1. The highest BCUT2D eigenvalue weighted by molar-refractivity contribution is 7.52. The average Bonchev–Trinajstić information content (AvgIpc) is 3.80. The molecule has 13 nitrogen and oxygen atoms in total. The number of aliphatic hydroxyl groups excluding tert-OH is 1. The van der Waals surface area contributed by atoms with Gasteiger partial charge in [-0.05, 0) is 42.7 Å². The van der Waals surface area contributed by atoms with Gasteiger partial charge in [0.25, 0.3) is 0 Å². The first-order valence-corrected chi connectivity index (χ1v) is 22.9. The number of aromatic nitrogens is 4. The highest BCUT2D eigenvalue weighted by atomic mass is 31.2. The molecule has 0 aliphatic carbocycles. The minimum atomic E-state index is -4.69. The molecule has 1 fully saturated rings. The number of ether oxygens (including phenoxy) is 2. The molecule has 332 valence electrons. The lowest BCUT2D eigenvalue weighted by Gasteiger charge is -2.30. The molecule has 0 radical (unpaired) electrons. The van der Waals surface area contributed by atoms with E-state index in [4.69, 9.17) is 30.7 Å². The maximum absolute atomic E-state index is 14.7. The van der Waals surface area contributed by atoms with Crippen LogP contribution < -0.4 is 15.3 Å². The van der Waals surface area contributed by atoms with Crippen molar-refractivity contribution >= 4 is 30.7 Å².